The van der Waals surface area contributed by atoms with Crippen molar-refractivity contribution in [2.45, 2.75) is 24.3 Å². The third-order valence-electron chi connectivity index (χ3n) is 4.66. The first-order valence-electron chi connectivity index (χ1n) is 8.88. The Morgan fingerprint density at radius 3 is 2.75 bits per heavy atom. The fraction of sp³-hybridized carbons (Fsp3) is 0.333. The van der Waals surface area contributed by atoms with E-state index in [-0.39, 0.29) is 34.7 Å². The van der Waals surface area contributed by atoms with Crippen LogP contribution in [0.5, 0.6) is 5.75 Å². The van der Waals surface area contributed by atoms with Gasteiger partial charge in [0.05, 0.1) is 10.7 Å². The van der Waals surface area contributed by atoms with Gasteiger partial charge in [-0.05, 0) is 30.5 Å². The molecule has 4 rings (SSSR count). The van der Waals surface area contributed by atoms with Crippen LogP contribution in [0.2, 0.25) is 5.02 Å². The molecule has 2 aliphatic rings. The highest BCUT2D eigenvalue weighted by Crippen LogP contribution is 2.35. The van der Waals surface area contributed by atoms with E-state index < -0.39 is 10.0 Å². The van der Waals surface area contributed by atoms with Crippen molar-refractivity contribution in [2.24, 2.45) is 0 Å². The van der Waals surface area contributed by atoms with Crippen molar-refractivity contribution in [1.29, 1.82) is 0 Å². The van der Waals surface area contributed by atoms with Gasteiger partial charge in [0.15, 0.2) is 6.61 Å². The Kier molecular flexibility index (Phi) is 5.13. The largest absolute Gasteiger partial charge is 0.482 e. The molecule has 8 nitrogen and oxygen atoms in total. The summed E-state index contributed by atoms with van der Waals surface area (Å²) in [5, 5.41) is 2.59. The van der Waals surface area contributed by atoms with E-state index in [1.807, 2.05) is 12.1 Å². The zero-order valence-corrected chi connectivity index (χ0v) is 16.5. The van der Waals surface area contributed by atoms with Crippen LogP contribution in [0.25, 0.3) is 0 Å². The average Bonchev–Trinajstić information content (AvgIpc) is 3.21. The van der Waals surface area contributed by atoms with Crippen LogP contribution in [-0.2, 0) is 21.4 Å². The van der Waals surface area contributed by atoms with Crippen LogP contribution in [0.15, 0.2) is 35.4 Å². The quantitative estimate of drug-likeness (QED) is 0.765. The number of nitrogens with zero attached hydrogens (tertiary/aromatic N) is 2. The molecule has 10 heteroatoms. The minimum atomic E-state index is -3.87. The Balaban J connectivity index is 1.48. The molecular weight excluding hydrogens is 404 g/mol. The standard InChI is InChI=1S/C18H19ClN4O4S/c19-13-7-14-15(27-11-18(24)22-14)8-16(13)28(25,26)21-10-12-3-4-17(20-9-12)23-5-1-2-6-23/h3-4,7-9,21H,1-2,5-6,10-11H2,(H,22,24). The molecule has 0 aliphatic carbocycles. The second kappa shape index (κ2) is 7.57. The van der Waals surface area contributed by atoms with E-state index in [2.05, 4.69) is 19.9 Å². The number of aromatic nitrogens is 1. The maximum atomic E-state index is 12.7. The number of nitrogens with one attached hydrogen (secondary N) is 2. The Bertz CT molecular complexity index is 1000. The SMILES string of the molecule is O=C1COc2cc(S(=O)(=O)NCc3ccc(N4CCCC4)nc3)c(Cl)cc2N1. The molecule has 2 aliphatic heterocycles. The summed E-state index contributed by atoms with van der Waals surface area (Å²) in [4.78, 5) is 17.9. The van der Waals surface area contributed by atoms with Crippen molar-refractivity contribution in [1.82, 2.24) is 9.71 Å². The van der Waals surface area contributed by atoms with Gasteiger partial charge in [-0.2, -0.15) is 0 Å². The molecule has 0 atom stereocenters. The van der Waals surface area contributed by atoms with Crippen molar-refractivity contribution in [3.63, 3.8) is 0 Å². The Hall–Kier alpha value is -2.36. The second-order valence-electron chi connectivity index (χ2n) is 6.66. The number of sulfonamides is 1. The van der Waals surface area contributed by atoms with Gasteiger partial charge in [-0.15, -0.1) is 0 Å². The smallest absolute Gasteiger partial charge is 0.262 e. The number of halogens is 1. The highest BCUT2D eigenvalue weighted by molar-refractivity contribution is 7.89. The fourth-order valence-electron chi connectivity index (χ4n) is 3.20. The maximum Gasteiger partial charge on any atom is 0.262 e. The number of hydrogen-bond acceptors (Lipinski definition) is 6. The minimum Gasteiger partial charge on any atom is -0.482 e. The summed E-state index contributed by atoms with van der Waals surface area (Å²) in [6, 6.07) is 6.44. The van der Waals surface area contributed by atoms with Crippen LogP contribution in [-0.4, -0.2) is 39.0 Å². The molecule has 1 amide bonds. The number of benzene rings is 1. The molecule has 2 N–H and O–H groups in total. The zero-order chi connectivity index (χ0) is 19.7. The van der Waals surface area contributed by atoms with Crippen molar-refractivity contribution < 1.29 is 17.9 Å². The summed E-state index contributed by atoms with van der Waals surface area (Å²) in [7, 11) is -3.87. The predicted molar refractivity (Wildman–Crippen MR) is 105 cm³/mol. The lowest BCUT2D eigenvalue weighted by Crippen LogP contribution is -2.27. The van der Waals surface area contributed by atoms with Crippen LogP contribution in [0.4, 0.5) is 11.5 Å². The fourth-order valence-corrected chi connectivity index (χ4v) is 4.76. The molecule has 1 aromatic carbocycles. The van der Waals surface area contributed by atoms with Gasteiger partial charge in [-0.25, -0.2) is 18.1 Å². The first-order valence-corrected chi connectivity index (χ1v) is 10.7. The van der Waals surface area contributed by atoms with Crippen molar-refractivity contribution in [3.05, 3.63) is 41.0 Å². The zero-order valence-electron chi connectivity index (χ0n) is 14.9. The van der Waals surface area contributed by atoms with Gasteiger partial charge in [0.1, 0.15) is 16.5 Å². The lowest BCUT2D eigenvalue weighted by molar-refractivity contribution is -0.118. The number of amides is 1. The minimum absolute atomic E-state index is 0.000411. The van der Waals surface area contributed by atoms with E-state index in [0.29, 0.717) is 5.69 Å². The summed E-state index contributed by atoms with van der Waals surface area (Å²) in [6.45, 7) is 1.91. The Morgan fingerprint density at radius 1 is 1.25 bits per heavy atom. The van der Waals surface area contributed by atoms with Crippen LogP contribution in [0, 0.1) is 0 Å². The molecule has 0 spiro atoms. The highest BCUT2D eigenvalue weighted by Gasteiger charge is 2.24. The van der Waals surface area contributed by atoms with E-state index >= 15 is 0 Å². The van der Waals surface area contributed by atoms with Crippen LogP contribution in [0.3, 0.4) is 0 Å². The van der Waals surface area contributed by atoms with Crippen LogP contribution >= 0.6 is 11.6 Å². The number of ether oxygens (including phenoxy) is 1. The number of rotatable bonds is 5. The third kappa shape index (κ3) is 3.91. The van der Waals surface area contributed by atoms with Gasteiger partial charge in [-0.1, -0.05) is 17.7 Å². The van der Waals surface area contributed by atoms with E-state index in [9.17, 15) is 13.2 Å². The molecule has 28 heavy (non-hydrogen) atoms. The second-order valence-corrected chi connectivity index (χ2v) is 8.80. The Morgan fingerprint density at radius 2 is 2.04 bits per heavy atom. The Labute approximate surface area is 167 Å². The number of fused-ring (bicyclic) bond motifs is 1. The molecule has 0 unspecified atom stereocenters. The maximum absolute atomic E-state index is 12.7. The normalized spacial score (nSPS) is 16.5. The highest BCUT2D eigenvalue weighted by atomic mass is 35.5. The van der Waals surface area contributed by atoms with Gasteiger partial charge in [0, 0.05) is 31.9 Å². The molecule has 1 fully saturated rings. The average molecular weight is 423 g/mol. The summed E-state index contributed by atoms with van der Waals surface area (Å²) >= 11 is 6.12. The number of pyridine rings is 1. The van der Waals surface area contributed by atoms with Gasteiger partial charge in [0.2, 0.25) is 10.0 Å². The van der Waals surface area contributed by atoms with Crippen molar-refractivity contribution in [3.8, 4) is 5.75 Å². The molecule has 0 radical (unpaired) electrons. The number of carbonyl (C=O) groups excluding carboxylic acids is 1. The van der Waals surface area contributed by atoms with Gasteiger partial charge < -0.3 is 15.0 Å². The molecule has 3 heterocycles. The van der Waals surface area contributed by atoms with E-state index in [0.717, 1.165) is 37.3 Å². The molecule has 0 bridgehead atoms. The van der Waals surface area contributed by atoms with Gasteiger partial charge >= 0.3 is 0 Å². The summed E-state index contributed by atoms with van der Waals surface area (Å²) in [5.74, 6) is 0.851. The summed E-state index contributed by atoms with van der Waals surface area (Å²) in [6.07, 6.45) is 4.00. The summed E-state index contributed by atoms with van der Waals surface area (Å²) < 4.78 is 33.2. The van der Waals surface area contributed by atoms with Crippen molar-refractivity contribution in [2.75, 3.05) is 29.9 Å². The monoisotopic (exact) mass is 422 g/mol. The topological polar surface area (TPSA) is 101 Å². The van der Waals surface area contributed by atoms with E-state index in [4.69, 9.17) is 16.3 Å². The number of hydrogen-bond donors (Lipinski definition) is 2. The lowest BCUT2D eigenvalue weighted by Gasteiger charge is -2.19. The predicted octanol–water partition coefficient (Wildman–Crippen LogP) is 2.14. The molecule has 148 valence electrons. The molecule has 2 aromatic rings. The van der Waals surface area contributed by atoms with E-state index in [1.54, 1.807) is 6.20 Å². The van der Waals surface area contributed by atoms with Crippen molar-refractivity contribution >= 4 is 39.0 Å². The molecule has 1 saturated heterocycles. The van der Waals surface area contributed by atoms with Gasteiger partial charge in [-0.3, -0.25) is 4.79 Å². The molecule has 0 saturated carbocycles. The third-order valence-corrected chi connectivity index (χ3v) is 6.53. The lowest BCUT2D eigenvalue weighted by atomic mass is 10.2. The number of carbonyl (C=O) groups is 1. The summed E-state index contributed by atoms with van der Waals surface area (Å²) in [5.41, 5.74) is 1.09. The first-order chi connectivity index (χ1) is 13.4. The van der Waals surface area contributed by atoms with Gasteiger partial charge in [0.25, 0.3) is 5.91 Å². The molecular formula is C18H19ClN4O4S. The first kappa shape index (κ1) is 19.0. The number of anilines is 2. The van der Waals surface area contributed by atoms with Crippen LogP contribution < -0.4 is 19.7 Å². The molecule has 1 aromatic heterocycles. The van der Waals surface area contributed by atoms with Crippen LogP contribution in [0.1, 0.15) is 18.4 Å². The van der Waals surface area contributed by atoms with E-state index in [1.165, 1.54) is 12.1 Å².